The van der Waals surface area contributed by atoms with Gasteiger partial charge in [0.2, 0.25) is 0 Å². The van der Waals surface area contributed by atoms with Crippen LogP contribution in [0.4, 0.5) is 0 Å². The molecule has 0 amide bonds. The minimum atomic E-state index is -2.65. The first-order valence-electron chi connectivity index (χ1n) is 4.39. The van der Waals surface area contributed by atoms with Crippen molar-refractivity contribution in [3.8, 4) is 0 Å². The lowest BCUT2D eigenvalue weighted by Gasteiger charge is -2.25. The van der Waals surface area contributed by atoms with Crippen LogP contribution < -0.4 is 0 Å². The fourth-order valence-electron chi connectivity index (χ4n) is 0.640. The fraction of sp³-hybridized carbons (Fsp3) is 0.500. The Hall–Kier alpha value is 1.38. The maximum Gasteiger partial charge on any atom is 0.413 e. The van der Waals surface area contributed by atoms with Crippen LogP contribution in [0.2, 0.25) is 0 Å². The molecule has 0 bridgehead atoms. The first-order chi connectivity index (χ1) is 8.76. The second kappa shape index (κ2) is 10.2. The molecule has 97 valence electrons. The van der Waals surface area contributed by atoms with E-state index in [1.165, 1.54) is 0 Å². The van der Waals surface area contributed by atoms with Crippen LogP contribution in [-0.4, -0.2) is 68.9 Å². The molecule has 0 saturated carbocycles. The molecule has 1 saturated heterocycles. The molecular weight excluding hydrogens is 383 g/mol. The average Bonchev–Trinajstić information content (AvgIpc) is 2.40. The summed E-state index contributed by atoms with van der Waals surface area (Å²) < 4.78 is 32.1. The van der Waals surface area contributed by atoms with E-state index < -0.39 is 17.8 Å². The molecule has 0 aromatic heterocycles. The summed E-state index contributed by atoms with van der Waals surface area (Å²) in [6.45, 7) is 3.68. The Morgan fingerprint density at radius 3 is 2.00 bits per heavy atom. The second-order valence-electron chi connectivity index (χ2n) is 2.60. The zero-order valence-electron chi connectivity index (χ0n) is 8.90. The fourth-order valence-corrected chi connectivity index (χ4v) is 9.97. The van der Waals surface area contributed by atoms with E-state index in [2.05, 4.69) is 6.58 Å². The normalized spacial score (nSPS) is 23.9. The van der Waals surface area contributed by atoms with Crippen LogP contribution in [0.1, 0.15) is 0 Å². The summed E-state index contributed by atoms with van der Waals surface area (Å²) in [5.74, 6) is 0. The minimum absolute atomic E-state index is 0.193. The van der Waals surface area contributed by atoms with E-state index in [0.717, 1.165) is 0 Å². The number of alkyl halides is 2. The number of hydrogen-bond acceptors (Lipinski definition) is 6. The van der Waals surface area contributed by atoms with Crippen LogP contribution >= 0.6 is 23.2 Å². The molecule has 0 N–H and O–H groups in total. The third-order valence-corrected chi connectivity index (χ3v) is 11.8. The summed E-state index contributed by atoms with van der Waals surface area (Å²) in [6.07, 6.45) is 0. The predicted molar refractivity (Wildman–Crippen MR) is 72.7 cm³/mol. The molecule has 9 radical (unpaired) electrons. The first-order valence-corrected chi connectivity index (χ1v) is 12.3. The largest absolute Gasteiger partial charge is 0.413 e. The van der Waals surface area contributed by atoms with E-state index in [0.29, 0.717) is 5.50 Å². The van der Waals surface area contributed by atoms with E-state index in [9.17, 15) is 0 Å². The van der Waals surface area contributed by atoms with Crippen molar-refractivity contribution in [3.63, 3.8) is 0 Å². The summed E-state index contributed by atoms with van der Waals surface area (Å²) in [4.78, 5) is 0. The standard InChI is InChI=1S/C4H7Cl2O6Si6/c1-2-18(4-6)11-15-7-13-9-17(3-5)10-14-8-16-12-18/h2H,1,3-4H2. The van der Waals surface area contributed by atoms with Gasteiger partial charge in [0, 0.05) is 0 Å². The maximum absolute atomic E-state index is 5.84. The van der Waals surface area contributed by atoms with Crippen molar-refractivity contribution in [2.24, 2.45) is 0 Å². The lowest BCUT2D eigenvalue weighted by molar-refractivity contribution is 0.319. The highest BCUT2D eigenvalue weighted by atomic mass is 35.5. The Labute approximate surface area is 129 Å². The molecule has 14 heteroatoms. The Morgan fingerprint density at radius 1 is 1.06 bits per heavy atom. The van der Waals surface area contributed by atoms with Gasteiger partial charge < -0.3 is 24.7 Å². The Bertz CT molecular complexity index is 236. The molecule has 1 aliphatic rings. The topological polar surface area (TPSA) is 55.4 Å². The first kappa shape index (κ1) is 17.4. The quantitative estimate of drug-likeness (QED) is 0.476. The zero-order valence-corrected chi connectivity index (χ0v) is 16.4. The van der Waals surface area contributed by atoms with Gasteiger partial charge in [0.15, 0.2) is 0 Å². The molecule has 0 atom stereocenters. The molecule has 0 aliphatic carbocycles. The Kier molecular flexibility index (Phi) is 9.84. The molecule has 0 unspecified atom stereocenters. The molecule has 0 spiro atoms. The van der Waals surface area contributed by atoms with Crippen molar-refractivity contribution in [2.45, 2.75) is 0 Å². The van der Waals surface area contributed by atoms with Crippen LogP contribution in [0.25, 0.3) is 0 Å². The molecule has 1 fully saturated rings. The van der Waals surface area contributed by atoms with Crippen LogP contribution in [0, 0.1) is 0 Å². The highest BCUT2D eigenvalue weighted by Gasteiger charge is 2.35. The minimum Gasteiger partial charge on any atom is -0.412 e. The third-order valence-electron chi connectivity index (χ3n) is 1.51. The van der Waals surface area contributed by atoms with Gasteiger partial charge in [0.05, 0.1) is 11.0 Å². The smallest absolute Gasteiger partial charge is 0.412 e. The van der Waals surface area contributed by atoms with Crippen molar-refractivity contribution >= 4 is 81.1 Å². The van der Waals surface area contributed by atoms with Gasteiger partial charge in [0.1, 0.15) is 0 Å². The molecule has 1 aliphatic heterocycles. The van der Waals surface area contributed by atoms with Crippen molar-refractivity contribution in [3.05, 3.63) is 12.3 Å². The molecule has 0 aromatic carbocycles. The lowest BCUT2D eigenvalue weighted by atomic mass is 11.3. The van der Waals surface area contributed by atoms with Crippen LogP contribution in [-0.2, 0) is 24.7 Å². The van der Waals surface area contributed by atoms with Gasteiger partial charge in [0.25, 0.3) is 0 Å². The molecule has 6 nitrogen and oxygen atoms in total. The maximum atomic E-state index is 5.84. The number of rotatable bonds is 3. The van der Waals surface area contributed by atoms with Gasteiger partial charge in [-0.25, -0.2) is 0 Å². The SMILES string of the molecule is C=C[Si]1(CCl)O[Si]O[Si]O[Si](CCl)O[Si]O[Si]O1. The van der Waals surface area contributed by atoms with Gasteiger partial charge in [-0.1, -0.05) is 5.70 Å². The average molecular weight is 391 g/mol. The molecular formula is C4H7Cl2O6Si6. The van der Waals surface area contributed by atoms with E-state index in [-0.39, 0.29) is 45.5 Å². The summed E-state index contributed by atoms with van der Waals surface area (Å²) >= 11 is 11.5. The lowest BCUT2D eigenvalue weighted by Crippen LogP contribution is -2.47. The Balaban J connectivity index is 2.47. The van der Waals surface area contributed by atoms with Crippen molar-refractivity contribution in [2.75, 3.05) is 11.0 Å². The molecule has 0 aromatic rings. The Morgan fingerprint density at radius 2 is 1.61 bits per heavy atom. The van der Waals surface area contributed by atoms with Gasteiger partial charge in [-0.05, 0) is 0 Å². The predicted octanol–water partition coefficient (Wildman–Crippen LogP) is -0.552. The summed E-state index contributed by atoms with van der Waals surface area (Å²) in [5.41, 5.74) is 2.10. The summed E-state index contributed by atoms with van der Waals surface area (Å²) in [5, 5.41) is 0. The van der Waals surface area contributed by atoms with E-state index in [1.54, 1.807) is 5.70 Å². The van der Waals surface area contributed by atoms with Gasteiger partial charge in [-0.15, -0.1) is 29.8 Å². The van der Waals surface area contributed by atoms with E-state index >= 15 is 0 Å². The van der Waals surface area contributed by atoms with Crippen LogP contribution in [0.3, 0.4) is 0 Å². The van der Waals surface area contributed by atoms with Gasteiger partial charge >= 0.3 is 57.9 Å². The van der Waals surface area contributed by atoms with E-state index in [4.69, 9.17) is 47.9 Å². The number of hydrogen-bond donors (Lipinski definition) is 0. The molecule has 18 heavy (non-hydrogen) atoms. The van der Waals surface area contributed by atoms with Crippen LogP contribution in [0.5, 0.6) is 0 Å². The summed E-state index contributed by atoms with van der Waals surface area (Å²) in [7, 11) is -5.04. The van der Waals surface area contributed by atoms with Gasteiger partial charge in [-0.2, -0.15) is 0 Å². The molecule has 1 heterocycles. The molecule has 1 rings (SSSR count). The van der Waals surface area contributed by atoms with Crippen molar-refractivity contribution in [1.29, 1.82) is 0 Å². The highest BCUT2D eigenvalue weighted by Crippen LogP contribution is 2.10. The van der Waals surface area contributed by atoms with Crippen LogP contribution in [0.15, 0.2) is 12.3 Å². The monoisotopic (exact) mass is 389 g/mol. The van der Waals surface area contributed by atoms with Crippen molar-refractivity contribution < 1.29 is 24.7 Å². The number of halogens is 2. The summed E-state index contributed by atoms with van der Waals surface area (Å²) in [6, 6.07) is 0. The van der Waals surface area contributed by atoms with Crippen molar-refractivity contribution in [1.82, 2.24) is 0 Å². The van der Waals surface area contributed by atoms with Gasteiger partial charge in [-0.3, -0.25) is 0 Å². The zero-order chi connectivity index (χ0) is 13.3. The highest BCUT2D eigenvalue weighted by molar-refractivity contribution is 6.84. The van der Waals surface area contributed by atoms with E-state index in [1.807, 2.05) is 0 Å². The third kappa shape index (κ3) is 6.22. The second-order valence-corrected chi connectivity index (χ2v) is 13.1.